The average molecular weight is 267 g/mol. The first kappa shape index (κ1) is 15.5. The maximum absolute atomic E-state index is 5.56. The quantitative estimate of drug-likeness (QED) is 0.468. The summed E-state index contributed by atoms with van der Waals surface area (Å²) in [5.74, 6) is 0. The van der Waals surface area contributed by atoms with Gasteiger partial charge in [0.25, 0.3) is 10.0 Å². The Kier molecular flexibility index (Phi) is 7.17. The molecule has 0 heterocycles. The Bertz CT molecular complexity index is 150. The smallest absolute Gasteiger partial charge is 0.284 e. The number of rotatable bonds is 6. The first-order valence-electron chi connectivity index (χ1n) is 5.36. The Balaban J connectivity index is 3.20. The first-order valence-corrected chi connectivity index (χ1v) is 9.09. The number of hydrogen-bond donors (Lipinski definition) is 2. The fraction of sp³-hybridized carbons (Fsp3) is 1.00. The van der Waals surface area contributed by atoms with Crippen molar-refractivity contribution in [3.63, 3.8) is 0 Å². The van der Waals surface area contributed by atoms with Crippen LogP contribution in [0, 0.1) is 0 Å². The summed E-state index contributed by atoms with van der Waals surface area (Å²) in [6.07, 6.45) is 0. The molecule has 0 spiro atoms. The molecule has 0 saturated heterocycles. The summed E-state index contributed by atoms with van der Waals surface area (Å²) in [5.41, 5.74) is 0.365. The molecule has 0 aromatic carbocycles. The van der Waals surface area contributed by atoms with Crippen LogP contribution in [-0.2, 0) is 8.23 Å². The van der Waals surface area contributed by atoms with Gasteiger partial charge in [-0.1, -0.05) is 0 Å². The Morgan fingerprint density at radius 2 is 1.07 bits per heavy atom. The molecule has 0 aliphatic heterocycles. The molecule has 4 nitrogen and oxygen atoms in total. The Labute approximate surface area is 101 Å². The monoisotopic (exact) mass is 266 g/mol. The lowest BCUT2D eigenvalue weighted by atomic mass is 10.1. The van der Waals surface area contributed by atoms with Crippen molar-refractivity contribution in [1.82, 2.24) is 9.96 Å². The van der Waals surface area contributed by atoms with E-state index in [-0.39, 0.29) is 11.1 Å². The minimum atomic E-state index is -0.728. The van der Waals surface area contributed by atoms with Gasteiger partial charge in [-0.05, 0) is 41.5 Å². The van der Waals surface area contributed by atoms with Crippen LogP contribution in [0.15, 0.2) is 0 Å². The van der Waals surface area contributed by atoms with E-state index in [4.69, 9.17) is 8.23 Å². The predicted octanol–water partition coefficient (Wildman–Crippen LogP) is -1.21. The zero-order valence-corrected chi connectivity index (χ0v) is 15.2. The van der Waals surface area contributed by atoms with Gasteiger partial charge in [-0.15, -0.1) is 0 Å². The van der Waals surface area contributed by atoms with Gasteiger partial charge in [0, 0.05) is 11.1 Å². The van der Waals surface area contributed by atoms with Crippen LogP contribution >= 0.6 is 0 Å². The first-order chi connectivity index (χ1) is 6.71. The molecule has 15 heavy (non-hydrogen) atoms. The molecule has 92 valence electrons. The highest BCUT2D eigenvalue weighted by Crippen LogP contribution is 1.96. The molecule has 0 bridgehead atoms. The van der Waals surface area contributed by atoms with Gasteiger partial charge in [-0.3, -0.25) is 0 Å². The molecular formula is C8H26N2O2Si3. The second-order valence-corrected chi connectivity index (χ2v) is 10.5. The van der Waals surface area contributed by atoms with Crippen molar-refractivity contribution in [3.8, 4) is 0 Å². The van der Waals surface area contributed by atoms with E-state index in [0.717, 1.165) is 0 Å². The van der Waals surface area contributed by atoms with Crippen LogP contribution in [0.5, 0.6) is 0 Å². The van der Waals surface area contributed by atoms with Crippen molar-refractivity contribution in [2.24, 2.45) is 0 Å². The third kappa shape index (κ3) is 14.5. The van der Waals surface area contributed by atoms with Crippen LogP contribution in [0.2, 0.25) is 0 Å². The minimum absolute atomic E-state index is 0.182. The van der Waals surface area contributed by atoms with E-state index in [0.29, 0.717) is 0 Å². The maximum Gasteiger partial charge on any atom is 0.284 e. The Morgan fingerprint density at radius 1 is 0.733 bits per heavy atom. The fourth-order valence-corrected chi connectivity index (χ4v) is 4.56. The third-order valence-electron chi connectivity index (χ3n) is 1.58. The van der Waals surface area contributed by atoms with E-state index in [1.807, 2.05) is 0 Å². The summed E-state index contributed by atoms with van der Waals surface area (Å²) in [5, 5.41) is 0. The van der Waals surface area contributed by atoms with Crippen molar-refractivity contribution >= 4 is 29.9 Å². The summed E-state index contributed by atoms with van der Waals surface area (Å²) < 4.78 is 11.1. The van der Waals surface area contributed by atoms with Crippen molar-refractivity contribution in [2.75, 3.05) is 0 Å². The van der Waals surface area contributed by atoms with E-state index < -0.39 is 29.9 Å². The van der Waals surface area contributed by atoms with E-state index >= 15 is 0 Å². The Hall–Kier alpha value is 0.491. The van der Waals surface area contributed by atoms with Crippen LogP contribution in [0.3, 0.4) is 0 Å². The molecule has 0 amide bonds. The normalized spacial score (nSPS) is 15.6. The Morgan fingerprint density at radius 3 is 1.33 bits per heavy atom. The molecule has 0 unspecified atom stereocenters. The van der Waals surface area contributed by atoms with Gasteiger partial charge in [0.1, 0.15) is 0 Å². The fourth-order valence-electron chi connectivity index (χ4n) is 0.677. The van der Waals surface area contributed by atoms with Crippen LogP contribution in [0.1, 0.15) is 41.5 Å². The summed E-state index contributed by atoms with van der Waals surface area (Å²) in [4.78, 5) is 6.79. The summed E-state index contributed by atoms with van der Waals surface area (Å²) in [6, 6.07) is 0. The van der Waals surface area contributed by atoms with Crippen molar-refractivity contribution in [2.45, 2.75) is 52.6 Å². The lowest BCUT2D eigenvalue weighted by Crippen LogP contribution is -2.42. The summed E-state index contributed by atoms with van der Waals surface area (Å²) >= 11 is 0. The summed E-state index contributed by atoms with van der Waals surface area (Å²) in [6.45, 7) is 12.9. The second-order valence-electron chi connectivity index (χ2n) is 5.67. The molecule has 0 aliphatic carbocycles. The van der Waals surface area contributed by atoms with Gasteiger partial charge in [0.2, 0.25) is 19.8 Å². The molecule has 0 rings (SSSR count). The van der Waals surface area contributed by atoms with Gasteiger partial charge in [-0.2, -0.15) is 0 Å². The van der Waals surface area contributed by atoms with E-state index in [9.17, 15) is 0 Å². The minimum Gasteiger partial charge on any atom is -0.433 e. The molecule has 0 atom stereocenters. The molecule has 0 saturated carbocycles. The molecule has 7 heteroatoms. The van der Waals surface area contributed by atoms with Crippen LogP contribution in [-0.4, -0.2) is 40.9 Å². The average Bonchev–Trinajstić information content (AvgIpc) is 1.98. The zero-order chi connectivity index (χ0) is 11.9. The number of nitrogens with one attached hydrogen (secondary N) is 2. The molecule has 0 fully saturated rings. The molecule has 0 aromatic heterocycles. The van der Waals surface area contributed by atoms with Gasteiger partial charge in [0.05, 0.1) is 0 Å². The third-order valence-corrected chi connectivity index (χ3v) is 6.95. The molecule has 0 radical (unpaired) electrons. The zero-order valence-electron chi connectivity index (χ0n) is 10.9. The lowest BCUT2D eigenvalue weighted by molar-refractivity contribution is 0.432. The van der Waals surface area contributed by atoms with E-state index in [1.165, 1.54) is 0 Å². The SMILES string of the molecule is CC(C)(C)N[SiH2]O[SiH2]O[SiH2]NC(C)(C)C. The molecule has 0 aromatic rings. The predicted molar refractivity (Wildman–Crippen MR) is 73.6 cm³/mol. The summed E-state index contributed by atoms with van der Waals surface area (Å²) in [7, 11) is -1.88. The van der Waals surface area contributed by atoms with Gasteiger partial charge < -0.3 is 18.2 Å². The van der Waals surface area contributed by atoms with Crippen molar-refractivity contribution < 1.29 is 8.23 Å². The highest BCUT2D eigenvalue weighted by molar-refractivity contribution is 6.43. The molecular weight excluding hydrogens is 240 g/mol. The van der Waals surface area contributed by atoms with E-state index in [2.05, 4.69) is 51.5 Å². The standard InChI is InChI=1S/C8H26N2O2Si3/c1-7(2,3)9-13-11-15-12-14-10-8(4,5)6/h9-10H,13-15H2,1-6H3. The van der Waals surface area contributed by atoms with E-state index in [1.54, 1.807) is 0 Å². The molecule has 2 N–H and O–H groups in total. The van der Waals surface area contributed by atoms with Crippen LogP contribution in [0.25, 0.3) is 0 Å². The van der Waals surface area contributed by atoms with Gasteiger partial charge in [-0.25, -0.2) is 0 Å². The molecule has 0 aliphatic rings. The van der Waals surface area contributed by atoms with Crippen LogP contribution < -0.4 is 9.96 Å². The number of hydrogen-bond acceptors (Lipinski definition) is 4. The van der Waals surface area contributed by atoms with Gasteiger partial charge in [0.15, 0.2) is 0 Å². The highest BCUT2D eigenvalue weighted by Gasteiger charge is 2.09. The second kappa shape index (κ2) is 6.94. The van der Waals surface area contributed by atoms with Crippen LogP contribution in [0.4, 0.5) is 0 Å². The van der Waals surface area contributed by atoms with Crippen molar-refractivity contribution in [1.29, 1.82) is 0 Å². The largest absolute Gasteiger partial charge is 0.433 e. The lowest BCUT2D eigenvalue weighted by Gasteiger charge is -2.21. The highest BCUT2D eigenvalue weighted by atomic mass is 28.4. The maximum atomic E-state index is 5.56. The topological polar surface area (TPSA) is 42.5 Å². The van der Waals surface area contributed by atoms with Gasteiger partial charge >= 0.3 is 0 Å². The van der Waals surface area contributed by atoms with Crippen molar-refractivity contribution in [3.05, 3.63) is 0 Å².